The first-order valence-corrected chi connectivity index (χ1v) is 10.3. The minimum Gasteiger partial charge on any atom is -0.368 e. The highest BCUT2D eigenvalue weighted by Gasteiger charge is 2.35. The molecule has 2 N–H and O–H groups in total. The summed E-state index contributed by atoms with van der Waals surface area (Å²) in [6.07, 6.45) is 0.690. The summed E-state index contributed by atoms with van der Waals surface area (Å²) in [5.74, 6) is 0.0695. The SMILES string of the molecule is CCOP(=O)(C[C@H]1OC[C@@H](Cn2cnc3c(Cl)nc(N)nc32)O1)OCC. The molecule has 0 spiro atoms. The molecule has 0 amide bonds. The zero-order valence-corrected chi connectivity index (χ0v) is 16.2. The van der Waals surface area contributed by atoms with Crippen LogP contribution in [0.25, 0.3) is 11.2 Å². The quantitative estimate of drug-likeness (QED) is 0.519. The number of imidazole rings is 1. The van der Waals surface area contributed by atoms with Gasteiger partial charge < -0.3 is 28.8 Å². The number of hydrogen-bond acceptors (Lipinski definition) is 9. The highest BCUT2D eigenvalue weighted by Crippen LogP contribution is 2.49. The van der Waals surface area contributed by atoms with E-state index >= 15 is 0 Å². The largest absolute Gasteiger partial charge is 0.368 e. The van der Waals surface area contributed by atoms with E-state index < -0.39 is 13.9 Å². The average Bonchev–Trinajstić information content (AvgIpc) is 3.15. The molecule has 1 aliphatic rings. The van der Waals surface area contributed by atoms with Crippen LogP contribution < -0.4 is 5.73 Å². The number of anilines is 1. The van der Waals surface area contributed by atoms with Crippen molar-refractivity contribution in [2.24, 2.45) is 0 Å². The van der Waals surface area contributed by atoms with Crippen molar-refractivity contribution in [3.05, 3.63) is 11.5 Å². The molecule has 2 aromatic rings. The summed E-state index contributed by atoms with van der Waals surface area (Å²) in [7, 11) is -3.24. The van der Waals surface area contributed by atoms with E-state index in [0.29, 0.717) is 24.3 Å². The lowest BCUT2D eigenvalue weighted by Crippen LogP contribution is -2.21. The van der Waals surface area contributed by atoms with Gasteiger partial charge in [-0.3, -0.25) is 4.57 Å². The first-order chi connectivity index (χ1) is 12.4. The molecule has 12 heteroatoms. The molecule has 1 saturated heterocycles. The Bertz CT molecular complexity index is 808. The van der Waals surface area contributed by atoms with Crippen molar-refractivity contribution in [3.63, 3.8) is 0 Å². The average molecular weight is 406 g/mol. The van der Waals surface area contributed by atoms with Gasteiger partial charge in [-0.15, -0.1) is 0 Å². The maximum atomic E-state index is 12.6. The van der Waals surface area contributed by atoms with Crippen molar-refractivity contribution in [2.75, 3.05) is 31.7 Å². The predicted molar refractivity (Wildman–Crippen MR) is 95.1 cm³/mol. The van der Waals surface area contributed by atoms with Gasteiger partial charge in [0.1, 0.15) is 17.8 Å². The molecular weight excluding hydrogens is 385 g/mol. The van der Waals surface area contributed by atoms with Crippen LogP contribution in [0.4, 0.5) is 5.95 Å². The summed E-state index contributed by atoms with van der Waals surface area (Å²) in [6.45, 7) is 4.85. The molecule has 0 bridgehead atoms. The second-order valence-corrected chi connectivity index (χ2v) is 8.05. The molecule has 10 nitrogen and oxygen atoms in total. The van der Waals surface area contributed by atoms with Gasteiger partial charge in [0.15, 0.2) is 17.1 Å². The first kappa shape index (κ1) is 19.5. The van der Waals surface area contributed by atoms with Crippen LogP contribution >= 0.6 is 19.2 Å². The second-order valence-electron chi connectivity index (χ2n) is 5.59. The molecule has 0 aromatic carbocycles. The molecule has 2 atom stereocenters. The van der Waals surface area contributed by atoms with Gasteiger partial charge in [0.05, 0.1) is 32.7 Å². The molecule has 1 fully saturated rings. The first-order valence-electron chi connectivity index (χ1n) is 8.23. The molecule has 144 valence electrons. The minimum absolute atomic E-state index is 0.0385. The lowest BCUT2D eigenvalue weighted by molar-refractivity contribution is -0.0454. The number of aromatic nitrogens is 4. The minimum atomic E-state index is -3.24. The molecule has 1 aliphatic heterocycles. The summed E-state index contributed by atoms with van der Waals surface area (Å²) in [5, 5.41) is 0.196. The van der Waals surface area contributed by atoms with Gasteiger partial charge >= 0.3 is 7.60 Å². The predicted octanol–water partition coefficient (Wildman–Crippen LogP) is 2.07. The van der Waals surface area contributed by atoms with Gasteiger partial charge in [-0.2, -0.15) is 9.97 Å². The number of nitrogens with zero attached hydrogens (tertiary/aromatic N) is 4. The number of nitrogens with two attached hydrogens (primary N) is 1. The van der Waals surface area contributed by atoms with E-state index in [9.17, 15) is 4.57 Å². The fourth-order valence-electron chi connectivity index (χ4n) is 2.70. The highest BCUT2D eigenvalue weighted by molar-refractivity contribution is 7.53. The Balaban J connectivity index is 1.66. The van der Waals surface area contributed by atoms with E-state index in [2.05, 4.69) is 15.0 Å². The van der Waals surface area contributed by atoms with Crippen LogP contribution in [0.1, 0.15) is 13.8 Å². The Morgan fingerprint density at radius 2 is 2.12 bits per heavy atom. The Labute approximate surface area is 155 Å². The zero-order chi connectivity index (χ0) is 18.7. The third kappa shape index (κ3) is 4.33. The van der Waals surface area contributed by atoms with Gasteiger partial charge in [0.25, 0.3) is 0 Å². The third-order valence-electron chi connectivity index (χ3n) is 3.68. The summed E-state index contributed by atoms with van der Waals surface area (Å²) in [6, 6.07) is 0. The van der Waals surface area contributed by atoms with Gasteiger partial charge in [-0.1, -0.05) is 11.6 Å². The molecule has 3 heterocycles. The third-order valence-corrected chi connectivity index (χ3v) is 5.99. The molecule has 26 heavy (non-hydrogen) atoms. The molecule has 0 aliphatic carbocycles. The number of ether oxygens (including phenoxy) is 2. The Morgan fingerprint density at radius 3 is 2.81 bits per heavy atom. The smallest absolute Gasteiger partial charge is 0.335 e. The lowest BCUT2D eigenvalue weighted by Gasteiger charge is -2.20. The molecule has 3 rings (SSSR count). The van der Waals surface area contributed by atoms with E-state index in [0.717, 1.165) is 0 Å². The Kier molecular flexibility index (Phi) is 6.11. The summed E-state index contributed by atoms with van der Waals surface area (Å²) < 4.78 is 36.3. The fourth-order valence-corrected chi connectivity index (χ4v) is 4.55. The van der Waals surface area contributed by atoms with E-state index in [1.54, 1.807) is 24.7 Å². The van der Waals surface area contributed by atoms with Crippen LogP contribution in [0.2, 0.25) is 5.15 Å². The molecule has 0 unspecified atom stereocenters. The van der Waals surface area contributed by atoms with Crippen molar-refractivity contribution in [1.29, 1.82) is 0 Å². The number of hydrogen-bond donors (Lipinski definition) is 1. The Hall–Kier alpha value is -1.29. The number of nitrogen functional groups attached to an aromatic ring is 1. The topological polar surface area (TPSA) is 124 Å². The van der Waals surface area contributed by atoms with Gasteiger partial charge in [-0.05, 0) is 13.8 Å². The summed E-state index contributed by atoms with van der Waals surface area (Å²) in [4.78, 5) is 12.2. The van der Waals surface area contributed by atoms with Crippen molar-refractivity contribution in [2.45, 2.75) is 32.8 Å². The number of halogens is 1. The molecule has 2 aromatic heterocycles. The summed E-state index contributed by atoms with van der Waals surface area (Å²) >= 11 is 6.03. The monoisotopic (exact) mass is 405 g/mol. The van der Waals surface area contributed by atoms with E-state index in [1.165, 1.54) is 0 Å². The van der Waals surface area contributed by atoms with E-state index in [-0.39, 0.29) is 36.6 Å². The van der Waals surface area contributed by atoms with Gasteiger partial charge in [-0.25, -0.2) is 4.98 Å². The second kappa shape index (κ2) is 8.16. The molecule has 0 saturated carbocycles. The van der Waals surface area contributed by atoms with Crippen molar-refractivity contribution in [1.82, 2.24) is 19.5 Å². The van der Waals surface area contributed by atoms with Crippen molar-refractivity contribution in [3.8, 4) is 0 Å². The lowest BCUT2D eigenvalue weighted by atomic mass is 10.4. The van der Waals surface area contributed by atoms with Gasteiger partial charge in [0, 0.05) is 0 Å². The highest BCUT2D eigenvalue weighted by atomic mass is 35.5. The van der Waals surface area contributed by atoms with Crippen LogP contribution in [0.3, 0.4) is 0 Å². The van der Waals surface area contributed by atoms with Gasteiger partial charge in [0.2, 0.25) is 5.95 Å². The number of fused-ring (bicyclic) bond motifs is 1. The van der Waals surface area contributed by atoms with Crippen LogP contribution in [-0.2, 0) is 29.6 Å². The molecule has 0 radical (unpaired) electrons. The normalized spacial score (nSPS) is 20.9. The van der Waals surface area contributed by atoms with Crippen LogP contribution in [0, 0.1) is 0 Å². The van der Waals surface area contributed by atoms with Crippen molar-refractivity contribution >= 4 is 36.3 Å². The van der Waals surface area contributed by atoms with Crippen molar-refractivity contribution < 1.29 is 23.1 Å². The van der Waals surface area contributed by atoms with E-state index in [4.69, 9.17) is 35.9 Å². The van der Waals surface area contributed by atoms with Crippen LogP contribution in [0.5, 0.6) is 0 Å². The van der Waals surface area contributed by atoms with Crippen LogP contribution in [-0.4, -0.2) is 57.9 Å². The fraction of sp³-hybridized carbons (Fsp3) is 0.643. The number of rotatable bonds is 8. The standard InChI is InChI=1S/C14H21ClN5O5P/c1-3-23-26(21,24-4-2)7-10-22-6-9(25-10)5-20-8-17-11-12(15)18-14(16)19-13(11)20/h8-10H,3-7H2,1-2H3,(H2,16,18,19)/t9-,10+/m1/s1. The summed E-state index contributed by atoms with van der Waals surface area (Å²) in [5.41, 5.74) is 6.63. The maximum Gasteiger partial charge on any atom is 0.335 e. The molecular formula is C14H21ClN5O5P. The van der Waals surface area contributed by atoms with Crippen LogP contribution in [0.15, 0.2) is 6.33 Å². The Morgan fingerprint density at radius 1 is 1.38 bits per heavy atom. The zero-order valence-electron chi connectivity index (χ0n) is 14.5. The van der Waals surface area contributed by atoms with E-state index in [1.807, 2.05) is 0 Å². The maximum absolute atomic E-state index is 12.6.